The number of para-hydroxylation sites is 1. The zero-order chi connectivity index (χ0) is 11.9. The van der Waals surface area contributed by atoms with Crippen molar-refractivity contribution in [3.8, 4) is 0 Å². The summed E-state index contributed by atoms with van der Waals surface area (Å²) in [4.78, 5) is 8.37. The number of nitrogens with one attached hydrogen (secondary N) is 1. The van der Waals surface area contributed by atoms with E-state index in [1.54, 1.807) is 0 Å². The fourth-order valence-electron chi connectivity index (χ4n) is 1.87. The molecular weight excluding hydrogens is 238 g/mol. The number of fused-ring (bicyclic) bond motifs is 1. The Labute approximate surface area is 104 Å². The van der Waals surface area contributed by atoms with E-state index in [-0.39, 0.29) is 17.4 Å². The molecule has 1 fully saturated rings. The van der Waals surface area contributed by atoms with E-state index in [1.165, 1.54) is 0 Å². The van der Waals surface area contributed by atoms with Crippen LogP contribution in [0.25, 0.3) is 10.9 Å². The van der Waals surface area contributed by atoms with Crippen LogP contribution in [0.5, 0.6) is 0 Å². The van der Waals surface area contributed by atoms with Crippen LogP contribution in [0, 0.1) is 0 Å². The first-order chi connectivity index (χ1) is 8.22. The maximum absolute atomic E-state index is 9.32. The Balaban J connectivity index is 2.08. The SMILES string of the molecule is OCC1(Nc2nc(Cl)nc3ccccc23)CC1. The summed E-state index contributed by atoms with van der Waals surface area (Å²) in [6.07, 6.45) is 1.92. The first-order valence-electron chi connectivity index (χ1n) is 5.54. The van der Waals surface area contributed by atoms with E-state index in [9.17, 15) is 5.11 Å². The molecule has 3 rings (SSSR count). The molecule has 2 aromatic rings. The number of hydrogen-bond acceptors (Lipinski definition) is 4. The van der Waals surface area contributed by atoms with Crippen LogP contribution in [-0.4, -0.2) is 27.2 Å². The monoisotopic (exact) mass is 249 g/mol. The highest BCUT2D eigenvalue weighted by atomic mass is 35.5. The van der Waals surface area contributed by atoms with Crippen LogP contribution in [0.15, 0.2) is 24.3 Å². The average Bonchev–Trinajstić information content (AvgIpc) is 3.09. The van der Waals surface area contributed by atoms with Crippen LogP contribution < -0.4 is 5.32 Å². The van der Waals surface area contributed by atoms with Crippen LogP contribution in [0.2, 0.25) is 5.28 Å². The predicted molar refractivity (Wildman–Crippen MR) is 67.2 cm³/mol. The maximum atomic E-state index is 9.32. The molecule has 0 saturated heterocycles. The fourth-order valence-corrected chi connectivity index (χ4v) is 2.04. The highest BCUT2D eigenvalue weighted by Crippen LogP contribution is 2.39. The lowest BCUT2D eigenvalue weighted by molar-refractivity contribution is 0.266. The van der Waals surface area contributed by atoms with Crippen molar-refractivity contribution in [2.45, 2.75) is 18.4 Å². The van der Waals surface area contributed by atoms with Crippen molar-refractivity contribution < 1.29 is 5.11 Å². The van der Waals surface area contributed by atoms with Crippen LogP contribution in [0.3, 0.4) is 0 Å². The zero-order valence-electron chi connectivity index (χ0n) is 9.15. The van der Waals surface area contributed by atoms with Crippen molar-refractivity contribution in [3.63, 3.8) is 0 Å². The summed E-state index contributed by atoms with van der Waals surface area (Å²) in [5, 5.41) is 13.7. The minimum Gasteiger partial charge on any atom is -0.394 e. The molecule has 1 aromatic heterocycles. The van der Waals surface area contributed by atoms with Gasteiger partial charge in [-0.05, 0) is 36.6 Å². The quantitative estimate of drug-likeness (QED) is 0.819. The lowest BCUT2D eigenvalue weighted by Gasteiger charge is -2.16. The van der Waals surface area contributed by atoms with Gasteiger partial charge in [0, 0.05) is 5.39 Å². The number of hydrogen-bond donors (Lipinski definition) is 2. The molecule has 0 bridgehead atoms. The molecule has 0 spiro atoms. The molecular formula is C12H12ClN3O. The second kappa shape index (κ2) is 3.82. The van der Waals surface area contributed by atoms with E-state index in [0.29, 0.717) is 5.82 Å². The third kappa shape index (κ3) is 1.94. The number of aliphatic hydroxyl groups is 1. The van der Waals surface area contributed by atoms with Gasteiger partial charge in [-0.1, -0.05) is 12.1 Å². The predicted octanol–water partition coefficient (Wildman–Crippen LogP) is 2.22. The molecule has 0 amide bonds. The van der Waals surface area contributed by atoms with Gasteiger partial charge in [0.2, 0.25) is 5.28 Å². The third-order valence-corrected chi connectivity index (χ3v) is 3.28. The van der Waals surface area contributed by atoms with Crippen molar-refractivity contribution in [2.75, 3.05) is 11.9 Å². The van der Waals surface area contributed by atoms with Gasteiger partial charge in [-0.2, -0.15) is 0 Å². The molecule has 1 saturated carbocycles. The van der Waals surface area contributed by atoms with E-state index in [2.05, 4.69) is 15.3 Å². The second-order valence-corrected chi connectivity index (χ2v) is 4.76. The summed E-state index contributed by atoms with van der Waals surface area (Å²) in [7, 11) is 0. The molecule has 1 aliphatic carbocycles. The molecule has 2 N–H and O–H groups in total. The summed E-state index contributed by atoms with van der Waals surface area (Å²) in [6.45, 7) is 0.114. The molecule has 0 radical (unpaired) electrons. The first kappa shape index (κ1) is 10.7. The highest BCUT2D eigenvalue weighted by Gasteiger charge is 2.42. The van der Waals surface area contributed by atoms with Gasteiger partial charge in [-0.25, -0.2) is 9.97 Å². The fraction of sp³-hybridized carbons (Fsp3) is 0.333. The Kier molecular flexibility index (Phi) is 2.42. The van der Waals surface area contributed by atoms with Gasteiger partial charge in [0.15, 0.2) is 0 Å². The lowest BCUT2D eigenvalue weighted by atomic mass is 10.2. The van der Waals surface area contributed by atoms with E-state index in [4.69, 9.17) is 11.6 Å². The largest absolute Gasteiger partial charge is 0.394 e. The van der Waals surface area contributed by atoms with E-state index < -0.39 is 0 Å². The molecule has 5 heteroatoms. The van der Waals surface area contributed by atoms with Gasteiger partial charge in [0.25, 0.3) is 0 Å². The van der Waals surface area contributed by atoms with Gasteiger partial charge in [-0.3, -0.25) is 0 Å². The lowest BCUT2D eigenvalue weighted by Crippen LogP contribution is -2.26. The Morgan fingerprint density at radius 1 is 1.29 bits per heavy atom. The topological polar surface area (TPSA) is 58.0 Å². The zero-order valence-corrected chi connectivity index (χ0v) is 9.91. The highest BCUT2D eigenvalue weighted by molar-refractivity contribution is 6.28. The molecule has 1 aliphatic rings. The normalized spacial score (nSPS) is 17.1. The van der Waals surface area contributed by atoms with Gasteiger partial charge in [0.05, 0.1) is 17.7 Å². The number of anilines is 1. The van der Waals surface area contributed by atoms with Crippen LogP contribution in [0.4, 0.5) is 5.82 Å². The molecule has 0 unspecified atom stereocenters. The molecule has 0 aliphatic heterocycles. The van der Waals surface area contributed by atoms with E-state index >= 15 is 0 Å². The molecule has 1 heterocycles. The third-order valence-electron chi connectivity index (χ3n) is 3.12. The first-order valence-corrected chi connectivity index (χ1v) is 5.92. The summed E-state index contributed by atoms with van der Waals surface area (Å²) in [6, 6.07) is 7.69. The van der Waals surface area contributed by atoms with Crippen LogP contribution >= 0.6 is 11.6 Å². The molecule has 4 nitrogen and oxygen atoms in total. The summed E-state index contributed by atoms with van der Waals surface area (Å²) in [5.74, 6) is 0.701. The standard InChI is InChI=1S/C12H12ClN3O/c13-11-14-9-4-2-1-3-8(9)10(15-11)16-12(7-17)5-6-12/h1-4,17H,5-7H2,(H,14,15,16). The maximum Gasteiger partial charge on any atom is 0.224 e. The van der Waals surface area contributed by atoms with Crippen LogP contribution in [-0.2, 0) is 0 Å². The molecule has 88 valence electrons. The van der Waals surface area contributed by atoms with Crippen molar-refractivity contribution in [3.05, 3.63) is 29.5 Å². The van der Waals surface area contributed by atoms with Gasteiger partial charge in [-0.15, -0.1) is 0 Å². The minimum atomic E-state index is -0.208. The average molecular weight is 250 g/mol. The van der Waals surface area contributed by atoms with Gasteiger partial charge >= 0.3 is 0 Å². The van der Waals surface area contributed by atoms with E-state index in [1.807, 2.05) is 24.3 Å². The van der Waals surface area contributed by atoms with Crippen molar-refractivity contribution in [1.29, 1.82) is 0 Å². The summed E-state index contributed by atoms with van der Waals surface area (Å²) in [5.41, 5.74) is 0.601. The minimum absolute atomic E-state index is 0.114. The van der Waals surface area contributed by atoms with Gasteiger partial charge < -0.3 is 10.4 Å². The molecule has 17 heavy (non-hydrogen) atoms. The Morgan fingerprint density at radius 2 is 2.06 bits per heavy atom. The summed E-state index contributed by atoms with van der Waals surface area (Å²) >= 11 is 5.89. The number of nitrogens with zero attached hydrogens (tertiary/aromatic N) is 2. The number of halogens is 1. The molecule has 1 aromatic carbocycles. The molecule has 0 atom stereocenters. The van der Waals surface area contributed by atoms with Crippen molar-refractivity contribution >= 4 is 28.3 Å². The van der Waals surface area contributed by atoms with Crippen LogP contribution in [0.1, 0.15) is 12.8 Å². The van der Waals surface area contributed by atoms with E-state index in [0.717, 1.165) is 23.7 Å². The number of benzene rings is 1. The Morgan fingerprint density at radius 3 is 2.76 bits per heavy atom. The second-order valence-electron chi connectivity index (χ2n) is 4.42. The smallest absolute Gasteiger partial charge is 0.224 e. The Bertz CT molecular complexity index is 569. The number of aromatic nitrogens is 2. The number of aliphatic hydroxyl groups excluding tert-OH is 1. The van der Waals surface area contributed by atoms with Gasteiger partial charge in [0.1, 0.15) is 5.82 Å². The van der Waals surface area contributed by atoms with Crippen molar-refractivity contribution in [2.24, 2.45) is 0 Å². The number of rotatable bonds is 3. The summed E-state index contributed by atoms with van der Waals surface area (Å²) < 4.78 is 0. The Hall–Kier alpha value is -1.39. The van der Waals surface area contributed by atoms with Crippen molar-refractivity contribution in [1.82, 2.24) is 9.97 Å².